The van der Waals surface area contributed by atoms with Crippen LogP contribution in [-0.4, -0.2) is 37.2 Å². The van der Waals surface area contributed by atoms with Gasteiger partial charge in [0.25, 0.3) is 0 Å². The summed E-state index contributed by atoms with van der Waals surface area (Å²) in [6, 6.07) is 2.41. The van der Waals surface area contributed by atoms with Gasteiger partial charge in [0.05, 0.1) is 19.3 Å². The zero-order valence-electron chi connectivity index (χ0n) is 7.79. The molecule has 1 atom stereocenters. The zero-order chi connectivity index (χ0) is 8.97. The molecule has 0 aromatic carbocycles. The lowest BCUT2D eigenvalue weighted by molar-refractivity contribution is 0.0190. The van der Waals surface area contributed by atoms with Gasteiger partial charge in [-0.25, -0.2) is 0 Å². The van der Waals surface area contributed by atoms with Crippen molar-refractivity contribution in [2.24, 2.45) is 5.92 Å². The van der Waals surface area contributed by atoms with Gasteiger partial charge in [0.1, 0.15) is 6.04 Å². The molecule has 0 radical (unpaired) electrons. The fraction of sp³-hybridized carbons (Fsp3) is 0.889. The average Bonchev–Trinajstić information content (AvgIpc) is 2.07. The summed E-state index contributed by atoms with van der Waals surface area (Å²) in [5.41, 5.74) is 0. The fourth-order valence-electron chi connectivity index (χ4n) is 1.51. The molecule has 0 aliphatic carbocycles. The second-order valence-corrected chi connectivity index (χ2v) is 3.47. The van der Waals surface area contributed by atoms with E-state index in [9.17, 15) is 0 Å². The summed E-state index contributed by atoms with van der Waals surface area (Å²) < 4.78 is 5.22. The number of hydrogen-bond acceptors (Lipinski definition) is 3. The highest BCUT2D eigenvalue weighted by Crippen LogP contribution is 2.11. The van der Waals surface area contributed by atoms with E-state index in [4.69, 9.17) is 10.00 Å². The molecular weight excluding hydrogens is 152 g/mol. The second-order valence-electron chi connectivity index (χ2n) is 3.47. The van der Waals surface area contributed by atoms with Crippen molar-refractivity contribution in [1.29, 1.82) is 5.26 Å². The van der Waals surface area contributed by atoms with Crippen molar-refractivity contribution in [3.05, 3.63) is 0 Å². The van der Waals surface area contributed by atoms with Crippen molar-refractivity contribution >= 4 is 0 Å². The Hall–Kier alpha value is -0.590. The van der Waals surface area contributed by atoms with Gasteiger partial charge in [0.15, 0.2) is 0 Å². The quantitative estimate of drug-likeness (QED) is 0.613. The summed E-state index contributed by atoms with van der Waals surface area (Å²) in [4.78, 5) is 2.20. The van der Waals surface area contributed by atoms with Gasteiger partial charge in [0.2, 0.25) is 0 Å². The van der Waals surface area contributed by atoms with Crippen LogP contribution < -0.4 is 0 Å². The molecule has 1 aliphatic rings. The second kappa shape index (κ2) is 4.44. The summed E-state index contributed by atoms with van der Waals surface area (Å²) in [5, 5.41) is 8.92. The first kappa shape index (κ1) is 9.50. The summed E-state index contributed by atoms with van der Waals surface area (Å²) >= 11 is 0. The van der Waals surface area contributed by atoms with Crippen molar-refractivity contribution in [1.82, 2.24) is 4.90 Å². The molecule has 0 N–H and O–H groups in total. The molecule has 0 aromatic heterocycles. The van der Waals surface area contributed by atoms with Crippen molar-refractivity contribution in [2.75, 3.05) is 26.3 Å². The summed E-state index contributed by atoms with van der Waals surface area (Å²) in [5.74, 6) is 0.410. The molecule has 1 rings (SSSR count). The number of ether oxygens (including phenoxy) is 1. The van der Waals surface area contributed by atoms with E-state index in [1.165, 1.54) is 0 Å². The Labute approximate surface area is 73.9 Å². The molecule has 0 bridgehead atoms. The number of morpholine rings is 1. The molecule has 68 valence electrons. The molecule has 1 heterocycles. The van der Waals surface area contributed by atoms with Crippen molar-refractivity contribution in [3.8, 4) is 6.07 Å². The summed E-state index contributed by atoms with van der Waals surface area (Å²) in [7, 11) is 0. The smallest absolute Gasteiger partial charge is 0.100 e. The third kappa shape index (κ3) is 2.20. The molecule has 3 heteroatoms. The standard InChI is InChI=1S/C9H16N2O/c1-8(2)9(7-10)11-3-5-12-6-4-11/h8-9H,3-6H2,1-2H3/t9-/m0/s1. The normalized spacial score (nSPS) is 22.2. The van der Waals surface area contributed by atoms with Crippen LogP contribution in [0.15, 0.2) is 0 Å². The maximum atomic E-state index is 8.92. The van der Waals surface area contributed by atoms with Crippen LogP contribution in [0.5, 0.6) is 0 Å². The fourth-order valence-corrected chi connectivity index (χ4v) is 1.51. The number of nitriles is 1. The minimum atomic E-state index is 0.0638. The first-order chi connectivity index (χ1) is 5.75. The topological polar surface area (TPSA) is 36.3 Å². The highest BCUT2D eigenvalue weighted by atomic mass is 16.5. The maximum absolute atomic E-state index is 8.92. The first-order valence-corrected chi connectivity index (χ1v) is 4.47. The van der Waals surface area contributed by atoms with Gasteiger partial charge in [-0.15, -0.1) is 0 Å². The van der Waals surface area contributed by atoms with Crippen molar-refractivity contribution in [3.63, 3.8) is 0 Å². The average molecular weight is 168 g/mol. The molecule has 1 saturated heterocycles. The van der Waals surface area contributed by atoms with Gasteiger partial charge >= 0.3 is 0 Å². The molecule has 0 aromatic rings. The van der Waals surface area contributed by atoms with Crippen LogP contribution in [0.2, 0.25) is 0 Å². The first-order valence-electron chi connectivity index (χ1n) is 4.47. The molecular formula is C9H16N2O. The molecule has 0 saturated carbocycles. The Morgan fingerprint density at radius 2 is 1.92 bits per heavy atom. The predicted molar refractivity (Wildman–Crippen MR) is 46.6 cm³/mol. The molecule has 0 spiro atoms. The van der Waals surface area contributed by atoms with Gasteiger partial charge in [0, 0.05) is 13.1 Å². The van der Waals surface area contributed by atoms with Crippen LogP contribution in [-0.2, 0) is 4.74 Å². The van der Waals surface area contributed by atoms with E-state index in [1.54, 1.807) is 0 Å². The maximum Gasteiger partial charge on any atom is 0.100 e. The Kier molecular flexibility index (Phi) is 3.51. The van der Waals surface area contributed by atoms with Gasteiger partial charge in [-0.2, -0.15) is 5.26 Å². The molecule has 3 nitrogen and oxygen atoms in total. The Morgan fingerprint density at radius 1 is 1.33 bits per heavy atom. The van der Waals surface area contributed by atoms with Crippen LogP contribution >= 0.6 is 0 Å². The highest BCUT2D eigenvalue weighted by molar-refractivity contribution is 4.94. The number of hydrogen-bond donors (Lipinski definition) is 0. The van der Waals surface area contributed by atoms with E-state index in [0.717, 1.165) is 26.3 Å². The third-order valence-corrected chi connectivity index (χ3v) is 2.20. The van der Waals surface area contributed by atoms with Crippen LogP contribution in [0.25, 0.3) is 0 Å². The zero-order valence-corrected chi connectivity index (χ0v) is 7.79. The van der Waals surface area contributed by atoms with Crippen LogP contribution in [0.1, 0.15) is 13.8 Å². The van der Waals surface area contributed by atoms with Crippen LogP contribution in [0.3, 0.4) is 0 Å². The van der Waals surface area contributed by atoms with Crippen LogP contribution in [0.4, 0.5) is 0 Å². The van der Waals surface area contributed by atoms with Gasteiger partial charge in [-0.1, -0.05) is 13.8 Å². The van der Waals surface area contributed by atoms with Crippen molar-refractivity contribution in [2.45, 2.75) is 19.9 Å². The largest absolute Gasteiger partial charge is 0.379 e. The van der Waals surface area contributed by atoms with Crippen molar-refractivity contribution < 1.29 is 4.74 Å². The van der Waals surface area contributed by atoms with Gasteiger partial charge < -0.3 is 4.74 Å². The lowest BCUT2D eigenvalue weighted by Crippen LogP contribution is -2.45. The van der Waals surface area contributed by atoms with E-state index < -0.39 is 0 Å². The Bertz CT molecular complexity index is 168. The lowest BCUT2D eigenvalue weighted by atomic mass is 10.0. The number of nitrogens with zero attached hydrogens (tertiary/aromatic N) is 2. The minimum Gasteiger partial charge on any atom is -0.379 e. The van der Waals surface area contributed by atoms with Crippen LogP contribution in [0, 0.1) is 17.2 Å². The molecule has 0 unspecified atom stereocenters. The van der Waals surface area contributed by atoms with E-state index in [2.05, 4.69) is 24.8 Å². The third-order valence-electron chi connectivity index (χ3n) is 2.20. The number of rotatable bonds is 2. The van der Waals surface area contributed by atoms with E-state index in [-0.39, 0.29) is 6.04 Å². The van der Waals surface area contributed by atoms with E-state index in [1.807, 2.05) is 0 Å². The molecule has 0 amide bonds. The molecule has 1 aliphatic heterocycles. The molecule has 12 heavy (non-hydrogen) atoms. The SMILES string of the molecule is CC(C)[C@H](C#N)N1CCOCC1. The van der Waals surface area contributed by atoms with Gasteiger partial charge in [-0.3, -0.25) is 4.90 Å². The summed E-state index contributed by atoms with van der Waals surface area (Å²) in [6.07, 6.45) is 0. The monoisotopic (exact) mass is 168 g/mol. The predicted octanol–water partition coefficient (Wildman–Crippen LogP) is 0.867. The Morgan fingerprint density at radius 3 is 2.33 bits per heavy atom. The van der Waals surface area contributed by atoms with Gasteiger partial charge in [-0.05, 0) is 5.92 Å². The Balaban J connectivity index is 2.47. The van der Waals surface area contributed by atoms with E-state index in [0.29, 0.717) is 5.92 Å². The highest BCUT2D eigenvalue weighted by Gasteiger charge is 2.22. The van der Waals surface area contributed by atoms with E-state index >= 15 is 0 Å². The summed E-state index contributed by atoms with van der Waals surface area (Å²) in [6.45, 7) is 7.51. The minimum absolute atomic E-state index is 0.0638. The molecule has 1 fully saturated rings. The lowest BCUT2D eigenvalue weighted by Gasteiger charge is -2.32.